The maximum Gasteiger partial charge on any atom is 0.214 e. The molecule has 25 heavy (non-hydrogen) atoms. The summed E-state index contributed by atoms with van der Waals surface area (Å²) in [5.74, 6) is -0.196. The van der Waals surface area contributed by atoms with Crippen LogP contribution in [0.4, 0.5) is 5.00 Å². The molecule has 0 unspecified atom stereocenters. The SMILES string of the molecule is Nc1sc(=S)nc2c1c(C(=O)c1ccccc1)nn2-c1ccccc1. The molecule has 0 spiro atoms. The molecule has 0 radical (unpaired) electrons. The van der Waals surface area contributed by atoms with Crippen molar-refractivity contribution in [2.45, 2.75) is 0 Å². The zero-order valence-electron chi connectivity index (χ0n) is 12.9. The molecule has 0 saturated heterocycles. The van der Waals surface area contributed by atoms with E-state index in [2.05, 4.69) is 10.1 Å². The average molecular weight is 364 g/mol. The monoisotopic (exact) mass is 364 g/mol. The quantitative estimate of drug-likeness (QED) is 0.439. The zero-order valence-corrected chi connectivity index (χ0v) is 14.6. The summed E-state index contributed by atoms with van der Waals surface area (Å²) in [4.78, 5) is 17.4. The standard InChI is InChI=1S/C18H12N4OS2/c19-16-13-14(15(23)11-7-3-1-4-8-11)21-22(12-9-5-2-6-10-12)17(13)20-18(24)25-16/h1-10H,19H2. The van der Waals surface area contributed by atoms with Gasteiger partial charge in [0.2, 0.25) is 5.78 Å². The smallest absolute Gasteiger partial charge is 0.214 e. The van der Waals surface area contributed by atoms with Crippen molar-refractivity contribution in [3.05, 3.63) is 75.9 Å². The molecule has 122 valence electrons. The number of nitrogen functional groups attached to an aromatic ring is 1. The van der Waals surface area contributed by atoms with Crippen LogP contribution in [0, 0.1) is 3.95 Å². The van der Waals surface area contributed by atoms with Crippen molar-refractivity contribution in [3.63, 3.8) is 0 Å². The van der Waals surface area contributed by atoms with Crippen molar-refractivity contribution < 1.29 is 4.79 Å². The Morgan fingerprint density at radius 3 is 2.36 bits per heavy atom. The number of ketones is 1. The van der Waals surface area contributed by atoms with E-state index in [9.17, 15) is 4.79 Å². The van der Waals surface area contributed by atoms with Gasteiger partial charge in [-0.25, -0.2) is 9.67 Å². The van der Waals surface area contributed by atoms with Crippen molar-refractivity contribution in [2.24, 2.45) is 0 Å². The van der Waals surface area contributed by atoms with E-state index in [4.69, 9.17) is 18.0 Å². The Morgan fingerprint density at radius 1 is 1.04 bits per heavy atom. The molecule has 2 aromatic heterocycles. The molecule has 0 bridgehead atoms. The molecule has 0 saturated carbocycles. The number of hydrogen-bond donors (Lipinski definition) is 1. The molecule has 0 aliphatic carbocycles. The highest BCUT2D eigenvalue weighted by Crippen LogP contribution is 2.30. The first-order valence-corrected chi connectivity index (χ1v) is 8.72. The van der Waals surface area contributed by atoms with Crippen molar-refractivity contribution in [1.82, 2.24) is 14.8 Å². The Hall–Kier alpha value is -2.90. The maximum atomic E-state index is 13.0. The second-order valence-electron chi connectivity index (χ2n) is 5.33. The fourth-order valence-corrected chi connectivity index (χ4v) is 3.59. The zero-order chi connectivity index (χ0) is 17.4. The summed E-state index contributed by atoms with van der Waals surface area (Å²) in [6.07, 6.45) is 0. The first-order valence-electron chi connectivity index (χ1n) is 7.49. The van der Waals surface area contributed by atoms with Gasteiger partial charge in [-0.2, -0.15) is 5.10 Å². The fraction of sp³-hybridized carbons (Fsp3) is 0. The predicted octanol–water partition coefficient (Wildman–Crippen LogP) is 4.02. The summed E-state index contributed by atoms with van der Waals surface area (Å²) < 4.78 is 2.02. The topological polar surface area (TPSA) is 73.8 Å². The second-order valence-corrected chi connectivity index (χ2v) is 7.01. The first-order chi connectivity index (χ1) is 12.1. The number of benzene rings is 2. The minimum Gasteiger partial charge on any atom is -0.390 e. The van der Waals surface area contributed by atoms with E-state index in [0.717, 1.165) is 5.69 Å². The lowest BCUT2D eigenvalue weighted by Crippen LogP contribution is -2.04. The Bertz CT molecular complexity index is 1130. The lowest BCUT2D eigenvalue weighted by Gasteiger charge is -2.01. The van der Waals surface area contributed by atoms with Gasteiger partial charge in [0.25, 0.3) is 0 Å². The summed E-state index contributed by atoms with van der Waals surface area (Å²) in [6.45, 7) is 0. The molecule has 0 aliphatic heterocycles. The number of fused-ring (bicyclic) bond motifs is 1. The van der Waals surface area contributed by atoms with Gasteiger partial charge in [0.15, 0.2) is 9.60 Å². The van der Waals surface area contributed by atoms with Crippen LogP contribution in [-0.4, -0.2) is 20.5 Å². The van der Waals surface area contributed by atoms with Gasteiger partial charge in [-0.3, -0.25) is 4.79 Å². The van der Waals surface area contributed by atoms with Gasteiger partial charge in [0.1, 0.15) is 10.7 Å². The van der Waals surface area contributed by atoms with E-state index in [1.807, 2.05) is 48.5 Å². The molecule has 7 heteroatoms. The lowest BCUT2D eigenvalue weighted by atomic mass is 10.1. The molecular weight excluding hydrogens is 352 g/mol. The van der Waals surface area contributed by atoms with Crippen LogP contribution >= 0.6 is 23.6 Å². The van der Waals surface area contributed by atoms with Gasteiger partial charge in [-0.05, 0) is 24.4 Å². The highest BCUT2D eigenvalue weighted by atomic mass is 32.1. The van der Waals surface area contributed by atoms with E-state index in [0.29, 0.717) is 25.6 Å². The molecule has 0 aliphatic rings. The molecule has 2 N–H and O–H groups in total. The van der Waals surface area contributed by atoms with Crippen LogP contribution in [0.5, 0.6) is 0 Å². The molecule has 2 aromatic carbocycles. The van der Waals surface area contributed by atoms with Crippen LogP contribution in [-0.2, 0) is 0 Å². The number of aromatic nitrogens is 3. The minimum atomic E-state index is -0.196. The van der Waals surface area contributed by atoms with Gasteiger partial charge in [-0.15, -0.1) is 0 Å². The summed E-state index contributed by atoms with van der Waals surface area (Å²) in [5, 5.41) is 5.50. The number of carbonyl (C=O) groups is 1. The molecule has 2 heterocycles. The number of para-hydroxylation sites is 1. The average Bonchev–Trinajstić information content (AvgIpc) is 3.02. The van der Waals surface area contributed by atoms with Crippen LogP contribution in [0.3, 0.4) is 0 Å². The Kier molecular flexibility index (Phi) is 3.87. The van der Waals surface area contributed by atoms with E-state index < -0.39 is 0 Å². The van der Waals surface area contributed by atoms with Gasteiger partial charge in [0, 0.05) is 5.56 Å². The predicted molar refractivity (Wildman–Crippen MR) is 102 cm³/mol. The Morgan fingerprint density at radius 2 is 1.68 bits per heavy atom. The normalized spacial score (nSPS) is 10.9. The van der Waals surface area contributed by atoms with Crippen molar-refractivity contribution >= 4 is 45.4 Å². The molecule has 0 fully saturated rings. The van der Waals surface area contributed by atoms with Crippen molar-refractivity contribution in [2.75, 3.05) is 5.73 Å². The van der Waals surface area contributed by atoms with Crippen LogP contribution in [0.25, 0.3) is 16.7 Å². The van der Waals surface area contributed by atoms with Crippen LogP contribution < -0.4 is 5.73 Å². The summed E-state index contributed by atoms with van der Waals surface area (Å²) in [7, 11) is 0. The van der Waals surface area contributed by atoms with Crippen LogP contribution in [0.2, 0.25) is 0 Å². The molecule has 0 atom stereocenters. The molecule has 5 nitrogen and oxygen atoms in total. The van der Waals surface area contributed by atoms with Gasteiger partial charge in [-0.1, -0.05) is 59.9 Å². The third-order valence-corrected chi connectivity index (χ3v) is 4.78. The number of hydrogen-bond acceptors (Lipinski definition) is 6. The van der Waals surface area contributed by atoms with Gasteiger partial charge < -0.3 is 5.73 Å². The van der Waals surface area contributed by atoms with Crippen molar-refractivity contribution in [1.29, 1.82) is 0 Å². The highest BCUT2D eigenvalue weighted by molar-refractivity contribution is 7.73. The Balaban J connectivity index is 2.03. The third-order valence-electron chi connectivity index (χ3n) is 3.75. The van der Waals surface area contributed by atoms with Gasteiger partial charge in [0.05, 0.1) is 11.1 Å². The van der Waals surface area contributed by atoms with Crippen LogP contribution in [0.15, 0.2) is 60.7 Å². The summed E-state index contributed by atoms with van der Waals surface area (Å²) >= 11 is 6.38. The largest absolute Gasteiger partial charge is 0.390 e. The highest BCUT2D eigenvalue weighted by Gasteiger charge is 2.22. The fourth-order valence-electron chi connectivity index (χ4n) is 2.63. The lowest BCUT2D eigenvalue weighted by molar-refractivity contribution is 0.103. The number of rotatable bonds is 3. The number of nitrogens with two attached hydrogens (primary N) is 1. The molecule has 4 rings (SSSR count). The Labute approximate surface area is 152 Å². The van der Waals surface area contributed by atoms with E-state index in [1.165, 1.54) is 11.3 Å². The summed E-state index contributed by atoms with van der Waals surface area (Å²) in [6, 6.07) is 18.5. The maximum absolute atomic E-state index is 13.0. The summed E-state index contributed by atoms with van der Waals surface area (Å²) in [5.41, 5.74) is 8.28. The van der Waals surface area contributed by atoms with Gasteiger partial charge >= 0.3 is 0 Å². The van der Waals surface area contributed by atoms with E-state index >= 15 is 0 Å². The van der Waals surface area contributed by atoms with Crippen LogP contribution in [0.1, 0.15) is 16.1 Å². The second kappa shape index (κ2) is 6.19. The van der Waals surface area contributed by atoms with E-state index in [1.54, 1.807) is 16.8 Å². The molecule has 4 aromatic rings. The number of carbonyl (C=O) groups excluding carboxylic acids is 1. The first kappa shape index (κ1) is 15.6. The molecule has 0 amide bonds. The van der Waals surface area contributed by atoms with Crippen molar-refractivity contribution in [3.8, 4) is 5.69 Å². The number of anilines is 1. The third kappa shape index (κ3) is 2.73. The molecular formula is C18H12N4OS2. The van der Waals surface area contributed by atoms with E-state index in [-0.39, 0.29) is 11.5 Å². The number of nitrogens with zero attached hydrogens (tertiary/aromatic N) is 3. The minimum absolute atomic E-state index is 0.196.